The topological polar surface area (TPSA) is 43.9 Å². The molecule has 26 heavy (non-hydrogen) atoms. The monoisotopic (exact) mass is 389 g/mol. The van der Waals surface area contributed by atoms with Crippen molar-refractivity contribution in [1.29, 1.82) is 0 Å². The molecule has 0 unspecified atom stereocenters. The van der Waals surface area contributed by atoms with Crippen molar-refractivity contribution >= 4 is 46.3 Å². The van der Waals surface area contributed by atoms with Crippen LogP contribution < -0.4 is 9.80 Å². The lowest BCUT2D eigenvalue weighted by molar-refractivity contribution is -0.114. The molecule has 1 amide bonds. The quantitative estimate of drug-likeness (QED) is 0.755. The van der Waals surface area contributed by atoms with Crippen LogP contribution in [0.2, 0.25) is 10.0 Å². The summed E-state index contributed by atoms with van der Waals surface area (Å²) in [6, 6.07) is 12.8. The van der Waals surface area contributed by atoms with Gasteiger partial charge in [0.15, 0.2) is 0 Å². The number of fused-ring (bicyclic) bond motifs is 1. The first-order chi connectivity index (χ1) is 12.5. The van der Waals surface area contributed by atoms with Crippen LogP contribution in [-0.4, -0.2) is 49.4 Å². The molecule has 1 fully saturated rings. The van der Waals surface area contributed by atoms with Gasteiger partial charge in [-0.2, -0.15) is 0 Å². The van der Waals surface area contributed by atoms with Crippen LogP contribution in [0.25, 0.3) is 0 Å². The molecule has 134 valence electrons. The summed E-state index contributed by atoms with van der Waals surface area (Å²) in [5.41, 5.74) is 2.13. The molecule has 2 heterocycles. The number of Topliss-reactive ketones (excluding diaryl/α,β-unsaturated/α-hetero) is 1. The molecule has 0 spiro atoms. The second-order valence-electron chi connectivity index (χ2n) is 6.45. The molecule has 0 radical (unpaired) electrons. The van der Waals surface area contributed by atoms with E-state index in [9.17, 15) is 9.59 Å². The zero-order valence-corrected chi connectivity index (χ0v) is 15.5. The minimum absolute atomic E-state index is 0.389. The Balaban J connectivity index is 1.44. The van der Waals surface area contributed by atoms with Crippen molar-refractivity contribution in [1.82, 2.24) is 4.90 Å². The number of rotatable bonds is 3. The van der Waals surface area contributed by atoms with Gasteiger partial charge in [0.05, 0.1) is 17.9 Å². The lowest BCUT2D eigenvalue weighted by Gasteiger charge is -2.37. The van der Waals surface area contributed by atoms with Gasteiger partial charge >= 0.3 is 5.91 Å². The fourth-order valence-corrected chi connectivity index (χ4v) is 3.79. The zero-order chi connectivity index (χ0) is 18.3. The zero-order valence-electron chi connectivity index (χ0n) is 14.0. The highest BCUT2D eigenvalue weighted by Gasteiger charge is 2.37. The second kappa shape index (κ2) is 6.91. The minimum Gasteiger partial charge on any atom is -0.369 e. The van der Waals surface area contributed by atoms with Gasteiger partial charge in [0, 0.05) is 41.9 Å². The second-order valence-corrected chi connectivity index (χ2v) is 7.32. The predicted octanol–water partition coefficient (Wildman–Crippen LogP) is 3.30. The SMILES string of the molecule is O=C1C(=O)N(CN2CCN(c3cccc(Cl)c3)CC2)c2ccc(Cl)cc21. The highest BCUT2D eigenvalue weighted by atomic mass is 35.5. The molecule has 0 saturated carbocycles. The smallest absolute Gasteiger partial charge is 0.300 e. The van der Waals surface area contributed by atoms with E-state index in [0.717, 1.165) is 36.9 Å². The number of anilines is 2. The summed E-state index contributed by atoms with van der Waals surface area (Å²) < 4.78 is 0. The average molecular weight is 390 g/mol. The number of carbonyl (C=O) groups excluding carboxylic acids is 2. The van der Waals surface area contributed by atoms with Crippen LogP contribution in [0.15, 0.2) is 42.5 Å². The summed E-state index contributed by atoms with van der Waals surface area (Å²) in [7, 11) is 0. The van der Waals surface area contributed by atoms with Gasteiger partial charge < -0.3 is 4.90 Å². The maximum absolute atomic E-state index is 12.4. The van der Waals surface area contributed by atoms with Crippen LogP contribution in [0.1, 0.15) is 10.4 Å². The van der Waals surface area contributed by atoms with E-state index in [0.29, 0.717) is 22.9 Å². The Morgan fingerprint density at radius 1 is 0.885 bits per heavy atom. The van der Waals surface area contributed by atoms with Gasteiger partial charge in [0.25, 0.3) is 5.78 Å². The molecule has 0 atom stereocenters. The first kappa shape index (κ1) is 17.3. The Morgan fingerprint density at radius 2 is 1.62 bits per heavy atom. The molecule has 0 aliphatic carbocycles. The van der Waals surface area contributed by atoms with E-state index in [1.807, 2.05) is 24.3 Å². The van der Waals surface area contributed by atoms with Crippen LogP contribution in [0.3, 0.4) is 0 Å². The van der Waals surface area contributed by atoms with E-state index in [-0.39, 0.29) is 0 Å². The van der Waals surface area contributed by atoms with Crippen molar-refractivity contribution in [3.05, 3.63) is 58.1 Å². The van der Waals surface area contributed by atoms with Crippen molar-refractivity contribution in [2.45, 2.75) is 0 Å². The Bertz CT molecular complexity index is 879. The number of benzene rings is 2. The summed E-state index contributed by atoms with van der Waals surface area (Å²) in [6.45, 7) is 3.68. The van der Waals surface area contributed by atoms with Crippen LogP contribution in [0.4, 0.5) is 11.4 Å². The van der Waals surface area contributed by atoms with Crippen LogP contribution in [0, 0.1) is 0 Å². The van der Waals surface area contributed by atoms with Gasteiger partial charge in [-0.05, 0) is 36.4 Å². The normalized spacial score (nSPS) is 17.8. The first-order valence-electron chi connectivity index (χ1n) is 8.41. The predicted molar refractivity (Wildman–Crippen MR) is 103 cm³/mol. The number of nitrogens with zero attached hydrogens (tertiary/aromatic N) is 3. The molecule has 0 bridgehead atoms. The van der Waals surface area contributed by atoms with Gasteiger partial charge in [-0.15, -0.1) is 0 Å². The number of piperazine rings is 1. The van der Waals surface area contributed by atoms with Crippen LogP contribution in [0.5, 0.6) is 0 Å². The fourth-order valence-electron chi connectivity index (χ4n) is 3.43. The molecule has 2 aromatic carbocycles. The molecular weight excluding hydrogens is 373 g/mol. The molecule has 1 saturated heterocycles. The number of amides is 1. The minimum atomic E-state index is -0.487. The number of hydrogen-bond donors (Lipinski definition) is 0. The Morgan fingerprint density at radius 3 is 2.35 bits per heavy atom. The largest absolute Gasteiger partial charge is 0.369 e. The van der Waals surface area contributed by atoms with E-state index < -0.39 is 11.7 Å². The van der Waals surface area contributed by atoms with Gasteiger partial charge in [-0.1, -0.05) is 29.3 Å². The Labute approximate surface area is 161 Å². The van der Waals surface area contributed by atoms with E-state index >= 15 is 0 Å². The highest BCUT2D eigenvalue weighted by Crippen LogP contribution is 2.31. The Hall–Kier alpha value is -2.08. The molecule has 2 aliphatic rings. The van der Waals surface area contributed by atoms with Crippen molar-refractivity contribution in [2.75, 3.05) is 42.6 Å². The van der Waals surface area contributed by atoms with Crippen LogP contribution >= 0.6 is 23.2 Å². The van der Waals surface area contributed by atoms with Crippen molar-refractivity contribution in [3.63, 3.8) is 0 Å². The molecule has 7 heteroatoms. The number of halogens is 2. The molecule has 4 rings (SSSR count). The molecule has 0 N–H and O–H groups in total. The third kappa shape index (κ3) is 3.18. The maximum Gasteiger partial charge on any atom is 0.300 e. The standard InChI is InChI=1S/C19H17Cl2N3O2/c20-13-2-1-3-15(10-13)23-8-6-22(7-9-23)12-24-17-5-4-14(21)11-16(17)18(25)19(24)26/h1-5,10-11H,6-9,12H2. The third-order valence-corrected chi connectivity index (χ3v) is 5.29. The van der Waals surface area contributed by atoms with E-state index in [1.54, 1.807) is 23.1 Å². The maximum atomic E-state index is 12.4. The number of hydrogen-bond acceptors (Lipinski definition) is 4. The summed E-state index contributed by atoms with van der Waals surface area (Å²) >= 11 is 12.0. The fraction of sp³-hybridized carbons (Fsp3) is 0.263. The first-order valence-corrected chi connectivity index (χ1v) is 9.17. The summed E-state index contributed by atoms with van der Waals surface area (Å²) in [5.74, 6) is -0.973. The third-order valence-electron chi connectivity index (χ3n) is 4.82. The molecule has 2 aliphatic heterocycles. The van der Waals surface area contributed by atoms with E-state index in [2.05, 4.69) is 9.80 Å². The molecule has 5 nitrogen and oxygen atoms in total. The van der Waals surface area contributed by atoms with Gasteiger partial charge in [-0.25, -0.2) is 0 Å². The van der Waals surface area contributed by atoms with E-state index in [1.165, 1.54) is 0 Å². The van der Waals surface area contributed by atoms with Gasteiger partial charge in [0.2, 0.25) is 0 Å². The Kier molecular flexibility index (Phi) is 4.61. The van der Waals surface area contributed by atoms with Crippen LogP contribution in [-0.2, 0) is 4.79 Å². The molecule has 0 aromatic heterocycles. The van der Waals surface area contributed by atoms with Crippen molar-refractivity contribution in [3.8, 4) is 0 Å². The molecule has 2 aromatic rings. The number of carbonyl (C=O) groups is 2. The molecular formula is C19H17Cl2N3O2. The average Bonchev–Trinajstić information content (AvgIpc) is 2.87. The van der Waals surface area contributed by atoms with Gasteiger partial charge in [0.1, 0.15) is 0 Å². The summed E-state index contributed by atoms with van der Waals surface area (Å²) in [5, 5.41) is 1.18. The summed E-state index contributed by atoms with van der Waals surface area (Å²) in [6.07, 6.45) is 0. The lowest BCUT2D eigenvalue weighted by atomic mass is 10.1. The summed E-state index contributed by atoms with van der Waals surface area (Å²) in [4.78, 5) is 30.5. The van der Waals surface area contributed by atoms with Gasteiger partial charge in [-0.3, -0.25) is 19.4 Å². The van der Waals surface area contributed by atoms with E-state index in [4.69, 9.17) is 23.2 Å². The van der Waals surface area contributed by atoms with Crippen molar-refractivity contribution in [2.24, 2.45) is 0 Å². The highest BCUT2D eigenvalue weighted by molar-refractivity contribution is 6.52. The van der Waals surface area contributed by atoms with Crippen molar-refractivity contribution < 1.29 is 9.59 Å². The lowest BCUT2D eigenvalue weighted by Crippen LogP contribution is -2.51. The number of ketones is 1.